The maximum absolute atomic E-state index is 12.3. The average molecular weight is 438 g/mol. The molecule has 0 saturated heterocycles. The van der Waals surface area contributed by atoms with Gasteiger partial charge in [-0.1, -0.05) is 40.9 Å². The van der Waals surface area contributed by atoms with E-state index in [4.69, 9.17) is 40.5 Å². The van der Waals surface area contributed by atoms with Crippen LogP contribution in [0.25, 0.3) is 0 Å². The summed E-state index contributed by atoms with van der Waals surface area (Å²) < 4.78 is 0. The summed E-state index contributed by atoms with van der Waals surface area (Å²) in [5.74, 6) is 0.102. The Balaban J connectivity index is 1.73. The number of hydrazine groups is 1. The summed E-state index contributed by atoms with van der Waals surface area (Å²) in [6.45, 7) is 1.91. The predicted octanol–water partition coefficient (Wildman–Crippen LogP) is 4.83. The number of rotatable bonds is 5. The maximum atomic E-state index is 12.3. The number of hydrogen-bond acceptors (Lipinski definition) is 6. The molecule has 1 aromatic heterocycles. The summed E-state index contributed by atoms with van der Waals surface area (Å²) in [6.07, 6.45) is 1.30. The first-order chi connectivity index (χ1) is 13.3. The molecule has 3 aromatic rings. The highest BCUT2D eigenvalue weighted by molar-refractivity contribution is 6.36. The number of benzene rings is 2. The third-order valence-corrected chi connectivity index (χ3v) is 4.74. The van der Waals surface area contributed by atoms with Crippen LogP contribution in [0.1, 0.15) is 15.9 Å². The van der Waals surface area contributed by atoms with Gasteiger partial charge < -0.3 is 11.1 Å². The summed E-state index contributed by atoms with van der Waals surface area (Å²) in [4.78, 5) is 20.4. The minimum atomic E-state index is -0.473. The molecule has 0 saturated carbocycles. The van der Waals surface area contributed by atoms with E-state index in [1.54, 1.807) is 12.1 Å². The Kier molecular flexibility index (Phi) is 6.08. The third kappa shape index (κ3) is 4.56. The number of amides is 1. The largest absolute Gasteiger partial charge is 0.393 e. The SMILES string of the molecule is Cc1ccc(Nc2ncnc(NNC(=O)c3ccc(Cl)cc3Cl)c2N)cc1Cl. The van der Waals surface area contributed by atoms with Crippen molar-refractivity contribution in [1.82, 2.24) is 15.4 Å². The van der Waals surface area contributed by atoms with E-state index < -0.39 is 5.91 Å². The lowest BCUT2D eigenvalue weighted by Gasteiger charge is -2.14. The molecule has 0 aliphatic heterocycles. The number of nitrogens with one attached hydrogen (secondary N) is 3. The average Bonchev–Trinajstić information content (AvgIpc) is 2.65. The Morgan fingerprint density at radius 3 is 2.46 bits per heavy atom. The molecule has 0 spiro atoms. The molecule has 0 fully saturated rings. The highest BCUT2D eigenvalue weighted by Crippen LogP contribution is 2.28. The molecular formula is C18H15Cl3N6O. The second-order valence-electron chi connectivity index (χ2n) is 5.78. The fraction of sp³-hybridized carbons (Fsp3) is 0.0556. The predicted molar refractivity (Wildman–Crippen MR) is 113 cm³/mol. The highest BCUT2D eigenvalue weighted by atomic mass is 35.5. The summed E-state index contributed by atoms with van der Waals surface area (Å²) in [5.41, 5.74) is 13.4. The zero-order valence-electron chi connectivity index (χ0n) is 14.6. The summed E-state index contributed by atoms with van der Waals surface area (Å²) in [6, 6.07) is 10.0. The van der Waals surface area contributed by atoms with Crippen LogP contribution in [-0.2, 0) is 0 Å². The second-order valence-corrected chi connectivity index (χ2v) is 7.03. The van der Waals surface area contributed by atoms with E-state index >= 15 is 0 Å². The van der Waals surface area contributed by atoms with Crippen LogP contribution in [0, 0.1) is 6.92 Å². The van der Waals surface area contributed by atoms with Crippen molar-refractivity contribution in [3.8, 4) is 0 Å². The molecule has 0 unspecified atom stereocenters. The number of carbonyl (C=O) groups is 1. The number of carbonyl (C=O) groups excluding carboxylic acids is 1. The quantitative estimate of drug-likeness (QED) is 0.426. The van der Waals surface area contributed by atoms with Gasteiger partial charge in [-0.05, 0) is 42.8 Å². The van der Waals surface area contributed by atoms with E-state index in [2.05, 4.69) is 26.1 Å². The van der Waals surface area contributed by atoms with E-state index in [1.165, 1.54) is 18.5 Å². The van der Waals surface area contributed by atoms with Crippen molar-refractivity contribution in [2.75, 3.05) is 16.5 Å². The topological polar surface area (TPSA) is 105 Å². The molecule has 1 heterocycles. The normalized spacial score (nSPS) is 10.4. The number of nitrogens with zero attached hydrogens (tertiary/aromatic N) is 2. The lowest BCUT2D eigenvalue weighted by Crippen LogP contribution is -2.30. The standard InChI is InChI=1S/C18H15Cl3N6O/c1-9-2-4-11(7-13(9)20)25-16-15(22)17(24-8-23-16)26-27-18(28)12-5-3-10(19)6-14(12)21/h2-8H,22H2,1H3,(H,27,28)(H2,23,24,25,26). The number of nitrogens with two attached hydrogens (primary N) is 1. The Morgan fingerprint density at radius 1 is 1.00 bits per heavy atom. The summed E-state index contributed by atoms with van der Waals surface area (Å²) >= 11 is 18.0. The van der Waals surface area contributed by atoms with Crippen molar-refractivity contribution in [3.63, 3.8) is 0 Å². The molecular weight excluding hydrogens is 423 g/mol. The molecule has 0 atom stereocenters. The van der Waals surface area contributed by atoms with Gasteiger partial charge >= 0.3 is 0 Å². The van der Waals surface area contributed by atoms with Gasteiger partial charge in [0, 0.05) is 15.7 Å². The monoisotopic (exact) mass is 436 g/mol. The van der Waals surface area contributed by atoms with Gasteiger partial charge in [0.2, 0.25) is 0 Å². The lowest BCUT2D eigenvalue weighted by atomic mass is 10.2. The van der Waals surface area contributed by atoms with Crippen LogP contribution in [0.2, 0.25) is 15.1 Å². The minimum Gasteiger partial charge on any atom is -0.393 e. The van der Waals surface area contributed by atoms with Crippen molar-refractivity contribution >= 4 is 63.7 Å². The molecule has 7 nitrogen and oxygen atoms in total. The van der Waals surface area contributed by atoms with Crippen molar-refractivity contribution in [2.24, 2.45) is 0 Å². The molecule has 2 aromatic carbocycles. The number of aryl methyl sites for hydroxylation is 1. The molecule has 144 valence electrons. The van der Waals surface area contributed by atoms with Crippen molar-refractivity contribution in [1.29, 1.82) is 0 Å². The fourth-order valence-electron chi connectivity index (χ4n) is 2.26. The second kappa shape index (κ2) is 8.52. The van der Waals surface area contributed by atoms with Gasteiger partial charge in [0.1, 0.15) is 12.0 Å². The first-order valence-corrected chi connectivity index (χ1v) is 9.13. The van der Waals surface area contributed by atoms with Gasteiger partial charge in [-0.15, -0.1) is 0 Å². The van der Waals surface area contributed by atoms with Crippen LogP contribution in [0.15, 0.2) is 42.7 Å². The van der Waals surface area contributed by atoms with Crippen LogP contribution in [0.4, 0.5) is 23.0 Å². The van der Waals surface area contributed by atoms with Gasteiger partial charge in [0.25, 0.3) is 5.91 Å². The van der Waals surface area contributed by atoms with Gasteiger partial charge in [-0.25, -0.2) is 9.97 Å². The molecule has 1 amide bonds. The zero-order valence-corrected chi connectivity index (χ0v) is 16.8. The maximum Gasteiger partial charge on any atom is 0.271 e. The first-order valence-electron chi connectivity index (χ1n) is 8.00. The van der Waals surface area contributed by atoms with Crippen LogP contribution in [0.3, 0.4) is 0 Å². The van der Waals surface area contributed by atoms with Crippen LogP contribution >= 0.6 is 34.8 Å². The summed E-state index contributed by atoms with van der Waals surface area (Å²) in [5, 5.41) is 4.34. The van der Waals surface area contributed by atoms with E-state index in [0.717, 1.165) is 5.56 Å². The zero-order chi connectivity index (χ0) is 20.3. The van der Waals surface area contributed by atoms with E-state index in [9.17, 15) is 4.79 Å². The Hall–Kier alpha value is -2.74. The van der Waals surface area contributed by atoms with Gasteiger partial charge in [0.05, 0.1) is 10.6 Å². The molecule has 0 aliphatic rings. The fourth-order valence-corrected chi connectivity index (χ4v) is 2.93. The van der Waals surface area contributed by atoms with E-state index in [1.807, 2.05) is 19.1 Å². The summed E-state index contributed by atoms with van der Waals surface area (Å²) in [7, 11) is 0. The van der Waals surface area contributed by atoms with E-state index in [0.29, 0.717) is 21.6 Å². The van der Waals surface area contributed by atoms with E-state index in [-0.39, 0.29) is 22.1 Å². The van der Waals surface area contributed by atoms with Crippen molar-refractivity contribution in [3.05, 3.63) is 68.9 Å². The van der Waals surface area contributed by atoms with Crippen molar-refractivity contribution in [2.45, 2.75) is 6.92 Å². The Bertz CT molecular complexity index is 1040. The molecule has 10 heteroatoms. The Morgan fingerprint density at radius 2 is 1.75 bits per heavy atom. The number of aromatic nitrogens is 2. The van der Waals surface area contributed by atoms with Crippen molar-refractivity contribution < 1.29 is 4.79 Å². The highest BCUT2D eigenvalue weighted by Gasteiger charge is 2.13. The lowest BCUT2D eigenvalue weighted by molar-refractivity contribution is 0.0962. The minimum absolute atomic E-state index is 0.210. The molecule has 28 heavy (non-hydrogen) atoms. The first kappa shape index (κ1) is 20.0. The van der Waals surface area contributed by atoms with Crippen LogP contribution in [0.5, 0.6) is 0 Å². The number of hydrogen-bond donors (Lipinski definition) is 4. The molecule has 0 aliphatic carbocycles. The molecule has 0 radical (unpaired) electrons. The third-order valence-electron chi connectivity index (χ3n) is 3.79. The van der Waals surface area contributed by atoms with Crippen LogP contribution in [-0.4, -0.2) is 15.9 Å². The van der Waals surface area contributed by atoms with Gasteiger partial charge in [-0.3, -0.25) is 15.6 Å². The number of anilines is 4. The van der Waals surface area contributed by atoms with Gasteiger partial charge in [0.15, 0.2) is 11.6 Å². The molecule has 5 N–H and O–H groups in total. The molecule has 3 rings (SSSR count). The number of nitrogen functional groups attached to an aromatic ring is 1. The Labute approximate surface area is 176 Å². The van der Waals surface area contributed by atoms with Crippen LogP contribution < -0.4 is 21.9 Å². The number of halogens is 3. The van der Waals surface area contributed by atoms with Gasteiger partial charge in [-0.2, -0.15) is 0 Å². The smallest absolute Gasteiger partial charge is 0.271 e. The molecule has 0 bridgehead atoms.